The standard InChI is InChI=1S/C16H22N2O5S/c1-4-23-14(19)11-5-7-12(8-6-11)17-16(21)18-13(9-10-24-3)15(20)22-2/h5-8,13H,4,9-10H2,1-3H3,(H2,17,18,21). The van der Waals surface area contributed by atoms with Crippen molar-refractivity contribution in [1.29, 1.82) is 0 Å². The molecule has 2 amide bonds. The maximum atomic E-state index is 12.0. The minimum atomic E-state index is -0.707. The molecule has 1 unspecified atom stereocenters. The molecule has 8 heteroatoms. The van der Waals surface area contributed by atoms with Gasteiger partial charge in [-0.1, -0.05) is 0 Å². The highest BCUT2D eigenvalue weighted by Crippen LogP contribution is 2.11. The molecule has 132 valence electrons. The molecule has 0 bridgehead atoms. The van der Waals surface area contributed by atoms with E-state index in [1.54, 1.807) is 43.0 Å². The van der Waals surface area contributed by atoms with E-state index in [4.69, 9.17) is 4.74 Å². The third-order valence-corrected chi connectivity index (χ3v) is 3.70. The quantitative estimate of drug-likeness (QED) is 0.696. The zero-order valence-electron chi connectivity index (χ0n) is 14.0. The Kier molecular flexibility index (Phi) is 8.70. The first kappa shape index (κ1) is 19.8. The van der Waals surface area contributed by atoms with Crippen LogP contribution < -0.4 is 10.6 Å². The summed E-state index contributed by atoms with van der Waals surface area (Å²) in [6.07, 6.45) is 2.39. The summed E-state index contributed by atoms with van der Waals surface area (Å²) in [5.41, 5.74) is 0.893. The van der Waals surface area contributed by atoms with Crippen LogP contribution in [-0.4, -0.2) is 49.7 Å². The van der Waals surface area contributed by atoms with E-state index in [0.717, 1.165) is 0 Å². The number of carbonyl (C=O) groups excluding carboxylic acids is 3. The van der Waals surface area contributed by atoms with Gasteiger partial charge in [-0.05, 0) is 49.6 Å². The highest BCUT2D eigenvalue weighted by atomic mass is 32.2. The fourth-order valence-corrected chi connectivity index (χ4v) is 2.33. The number of benzene rings is 1. The molecule has 24 heavy (non-hydrogen) atoms. The highest BCUT2D eigenvalue weighted by Gasteiger charge is 2.21. The summed E-state index contributed by atoms with van der Waals surface area (Å²) in [6, 6.07) is 5.05. The van der Waals surface area contributed by atoms with E-state index in [1.807, 2.05) is 6.26 Å². The molecule has 2 N–H and O–H groups in total. The summed E-state index contributed by atoms with van der Waals surface area (Å²) in [4.78, 5) is 35.2. The van der Waals surface area contributed by atoms with E-state index >= 15 is 0 Å². The minimum Gasteiger partial charge on any atom is -0.467 e. The van der Waals surface area contributed by atoms with E-state index in [2.05, 4.69) is 15.4 Å². The van der Waals surface area contributed by atoms with Crippen molar-refractivity contribution in [3.63, 3.8) is 0 Å². The third-order valence-electron chi connectivity index (χ3n) is 3.06. The Morgan fingerprint density at radius 2 is 1.88 bits per heavy atom. The molecule has 0 aromatic heterocycles. The van der Waals surface area contributed by atoms with Crippen molar-refractivity contribution in [2.24, 2.45) is 0 Å². The largest absolute Gasteiger partial charge is 0.467 e. The summed E-state index contributed by atoms with van der Waals surface area (Å²) < 4.78 is 9.57. The van der Waals surface area contributed by atoms with E-state index in [9.17, 15) is 14.4 Å². The number of nitrogens with one attached hydrogen (secondary N) is 2. The SMILES string of the molecule is CCOC(=O)c1ccc(NC(=O)NC(CCSC)C(=O)OC)cc1. The minimum absolute atomic E-state index is 0.298. The van der Waals surface area contributed by atoms with Crippen LogP contribution in [0.5, 0.6) is 0 Å². The number of esters is 2. The lowest BCUT2D eigenvalue weighted by atomic mass is 10.2. The Hall–Kier alpha value is -2.22. The molecule has 7 nitrogen and oxygen atoms in total. The molecular weight excluding hydrogens is 332 g/mol. The molecule has 1 aromatic rings. The van der Waals surface area contributed by atoms with Gasteiger partial charge in [0.15, 0.2) is 0 Å². The molecule has 0 radical (unpaired) electrons. The first-order valence-corrected chi connectivity index (χ1v) is 8.82. The van der Waals surface area contributed by atoms with Gasteiger partial charge in [-0.25, -0.2) is 14.4 Å². The zero-order chi connectivity index (χ0) is 17.9. The molecule has 0 saturated carbocycles. The summed E-state index contributed by atoms with van der Waals surface area (Å²) in [5, 5.41) is 5.19. The van der Waals surface area contributed by atoms with Gasteiger partial charge in [0, 0.05) is 5.69 Å². The Balaban J connectivity index is 2.62. The van der Waals surface area contributed by atoms with Gasteiger partial charge < -0.3 is 20.1 Å². The second-order valence-corrected chi connectivity index (χ2v) is 5.74. The maximum Gasteiger partial charge on any atom is 0.338 e. The number of anilines is 1. The number of urea groups is 1. The van der Waals surface area contributed by atoms with Crippen LogP contribution in [0.1, 0.15) is 23.7 Å². The van der Waals surface area contributed by atoms with Gasteiger partial charge in [-0.2, -0.15) is 11.8 Å². The molecule has 1 rings (SSSR count). The molecule has 0 fully saturated rings. The second kappa shape index (κ2) is 10.5. The monoisotopic (exact) mass is 354 g/mol. The number of hydrogen-bond donors (Lipinski definition) is 2. The number of carbonyl (C=O) groups is 3. The van der Waals surface area contributed by atoms with Crippen LogP contribution in [0.3, 0.4) is 0 Å². The number of rotatable bonds is 8. The van der Waals surface area contributed by atoms with Crippen molar-refractivity contribution >= 4 is 35.4 Å². The first-order chi connectivity index (χ1) is 11.5. The van der Waals surface area contributed by atoms with Crippen LogP contribution in [0.2, 0.25) is 0 Å². The molecule has 0 aliphatic rings. The Bertz CT molecular complexity index is 562. The molecule has 0 aliphatic carbocycles. The van der Waals surface area contributed by atoms with Crippen LogP contribution in [0.4, 0.5) is 10.5 Å². The summed E-state index contributed by atoms with van der Waals surface area (Å²) >= 11 is 1.57. The lowest BCUT2D eigenvalue weighted by Gasteiger charge is -2.16. The topological polar surface area (TPSA) is 93.7 Å². The molecular formula is C16H22N2O5S. The van der Waals surface area contributed by atoms with Crippen LogP contribution in [0.15, 0.2) is 24.3 Å². The van der Waals surface area contributed by atoms with E-state index < -0.39 is 24.0 Å². The zero-order valence-corrected chi connectivity index (χ0v) is 14.8. The second-order valence-electron chi connectivity index (χ2n) is 4.75. The van der Waals surface area contributed by atoms with Crippen molar-refractivity contribution in [3.8, 4) is 0 Å². The molecule has 0 saturated heterocycles. The van der Waals surface area contributed by atoms with Crippen LogP contribution in [0.25, 0.3) is 0 Å². The van der Waals surface area contributed by atoms with Crippen LogP contribution >= 0.6 is 11.8 Å². The predicted octanol–water partition coefficient (Wildman–Crippen LogP) is 2.28. The summed E-state index contributed by atoms with van der Waals surface area (Å²) in [7, 11) is 1.28. The Labute approximate surface area is 145 Å². The van der Waals surface area contributed by atoms with Crippen molar-refractivity contribution < 1.29 is 23.9 Å². The molecule has 0 heterocycles. The number of hydrogen-bond acceptors (Lipinski definition) is 6. The third kappa shape index (κ3) is 6.49. The fourth-order valence-electron chi connectivity index (χ4n) is 1.86. The number of amides is 2. The average molecular weight is 354 g/mol. The van der Waals surface area contributed by atoms with Crippen LogP contribution in [0, 0.1) is 0 Å². The highest BCUT2D eigenvalue weighted by molar-refractivity contribution is 7.98. The van der Waals surface area contributed by atoms with E-state index in [-0.39, 0.29) is 0 Å². The lowest BCUT2D eigenvalue weighted by molar-refractivity contribution is -0.142. The molecule has 1 aromatic carbocycles. The van der Waals surface area contributed by atoms with Crippen molar-refractivity contribution in [2.75, 3.05) is 31.0 Å². The van der Waals surface area contributed by atoms with Gasteiger partial charge in [-0.3, -0.25) is 0 Å². The van der Waals surface area contributed by atoms with Gasteiger partial charge >= 0.3 is 18.0 Å². The number of methoxy groups -OCH3 is 1. The van der Waals surface area contributed by atoms with Crippen molar-refractivity contribution in [2.45, 2.75) is 19.4 Å². The molecule has 0 spiro atoms. The Morgan fingerprint density at radius 3 is 2.42 bits per heavy atom. The van der Waals surface area contributed by atoms with E-state index in [0.29, 0.717) is 30.0 Å². The van der Waals surface area contributed by atoms with Crippen LogP contribution in [-0.2, 0) is 14.3 Å². The van der Waals surface area contributed by atoms with Gasteiger partial charge in [0.25, 0.3) is 0 Å². The van der Waals surface area contributed by atoms with Crippen molar-refractivity contribution in [3.05, 3.63) is 29.8 Å². The van der Waals surface area contributed by atoms with Gasteiger partial charge in [0.2, 0.25) is 0 Å². The predicted molar refractivity (Wildman–Crippen MR) is 93.4 cm³/mol. The number of ether oxygens (including phenoxy) is 2. The maximum absolute atomic E-state index is 12.0. The van der Waals surface area contributed by atoms with Crippen molar-refractivity contribution in [1.82, 2.24) is 5.32 Å². The molecule has 0 aliphatic heterocycles. The Morgan fingerprint density at radius 1 is 1.21 bits per heavy atom. The smallest absolute Gasteiger partial charge is 0.338 e. The first-order valence-electron chi connectivity index (χ1n) is 7.43. The normalized spacial score (nSPS) is 11.3. The average Bonchev–Trinajstić information content (AvgIpc) is 2.58. The molecule has 1 atom stereocenters. The summed E-state index contributed by atoms with van der Waals surface area (Å²) in [5.74, 6) is -0.193. The lowest BCUT2D eigenvalue weighted by Crippen LogP contribution is -2.44. The van der Waals surface area contributed by atoms with E-state index in [1.165, 1.54) is 7.11 Å². The van der Waals surface area contributed by atoms with Gasteiger partial charge in [0.05, 0.1) is 19.3 Å². The number of thioether (sulfide) groups is 1. The van der Waals surface area contributed by atoms with Gasteiger partial charge in [0.1, 0.15) is 6.04 Å². The van der Waals surface area contributed by atoms with Gasteiger partial charge in [-0.15, -0.1) is 0 Å². The summed E-state index contributed by atoms with van der Waals surface area (Å²) in [6.45, 7) is 2.03. The fraction of sp³-hybridized carbons (Fsp3) is 0.438.